The molecule has 1 amide bonds. The Morgan fingerprint density at radius 2 is 2.27 bits per heavy atom. The van der Waals surface area contributed by atoms with Crippen LogP contribution in [0.4, 0.5) is 15.0 Å². The molecule has 0 unspecified atom stereocenters. The zero-order valence-corrected chi connectivity index (χ0v) is 19.0. The number of ether oxygens (including phenoxy) is 2. The summed E-state index contributed by atoms with van der Waals surface area (Å²) in [7, 11) is 0. The Kier molecular flexibility index (Phi) is 7.56. The maximum atomic E-state index is 14.5. The highest BCUT2D eigenvalue weighted by Crippen LogP contribution is 2.28. The van der Waals surface area contributed by atoms with Crippen molar-refractivity contribution in [3.05, 3.63) is 35.5 Å². The van der Waals surface area contributed by atoms with E-state index >= 15 is 0 Å². The van der Waals surface area contributed by atoms with Crippen LogP contribution in [0.1, 0.15) is 32.6 Å². The first kappa shape index (κ1) is 23.2. The number of anilines is 1. The lowest BCUT2D eigenvalue weighted by molar-refractivity contribution is 0.0831. The van der Waals surface area contributed by atoms with Crippen LogP contribution >= 0.6 is 11.6 Å². The SMILES string of the molecule is CCC[C@@H](CCNC(=O)O[C@H]1CCOC1)Nc1nc(-c2c[nH]c3ncc(Cl)cc23)ncc1F. The van der Waals surface area contributed by atoms with Crippen LogP contribution in [0.25, 0.3) is 22.4 Å². The van der Waals surface area contributed by atoms with Crippen LogP contribution in [0.15, 0.2) is 24.7 Å². The molecule has 1 saturated heterocycles. The van der Waals surface area contributed by atoms with E-state index in [-0.39, 0.29) is 18.0 Å². The molecule has 1 aliphatic heterocycles. The highest BCUT2D eigenvalue weighted by Gasteiger charge is 2.20. The number of amides is 1. The number of fused-ring (bicyclic) bond motifs is 1. The number of alkyl carbamates (subject to hydrolysis) is 1. The Labute approximate surface area is 195 Å². The van der Waals surface area contributed by atoms with E-state index in [1.165, 1.54) is 0 Å². The summed E-state index contributed by atoms with van der Waals surface area (Å²) in [6.45, 7) is 3.47. The summed E-state index contributed by atoms with van der Waals surface area (Å²) in [5, 5.41) is 7.15. The van der Waals surface area contributed by atoms with Crippen molar-refractivity contribution >= 4 is 34.5 Å². The van der Waals surface area contributed by atoms with E-state index < -0.39 is 11.9 Å². The highest BCUT2D eigenvalue weighted by molar-refractivity contribution is 6.31. The summed E-state index contributed by atoms with van der Waals surface area (Å²) in [4.78, 5) is 27.8. The van der Waals surface area contributed by atoms with Crippen molar-refractivity contribution in [1.29, 1.82) is 0 Å². The molecule has 9 nitrogen and oxygen atoms in total. The number of aromatic amines is 1. The van der Waals surface area contributed by atoms with Crippen molar-refractivity contribution in [2.75, 3.05) is 25.1 Å². The van der Waals surface area contributed by atoms with Gasteiger partial charge in [0, 0.05) is 42.4 Å². The Hall–Kier alpha value is -2.98. The molecular weight excluding hydrogens is 451 g/mol. The summed E-state index contributed by atoms with van der Waals surface area (Å²) in [6.07, 6.45) is 6.69. The first-order valence-corrected chi connectivity index (χ1v) is 11.4. The average molecular weight is 477 g/mol. The highest BCUT2D eigenvalue weighted by atomic mass is 35.5. The average Bonchev–Trinajstić information content (AvgIpc) is 3.45. The van der Waals surface area contributed by atoms with Crippen molar-refractivity contribution in [2.24, 2.45) is 0 Å². The standard InChI is InChI=1S/C22H26ClFN6O3/c1-2-3-14(4-6-25-22(31)33-15-5-7-32-12-15)29-21-18(24)11-28-20(30-21)17-10-27-19-16(17)8-13(23)9-26-19/h8-11,14-15H,2-7,12H2,1H3,(H,25,31)(H,26,27)(H,28,29,30)/t14-,15-/m0/s1. The minimum Gasteiger partial charge on any atom is -0.444 e. The molecule has 3 aromatic heterocycles. The Morgan fingerprint density at radius 3 is 3.06 bits per heavy atom. The van der Waals surface area contributed by atoms with Crippen LogP contribution in [-0.2, 0) is 9.47 Å². The second-order valence-corrected chi connectivity index (χ2v) is 8.31. The van der Waals surface area contributed by atoms with E-state index in [0.29, 0.717) is 54.7 Å². The number of rotatable bonds is 9. The smallest absolute Gasteiger partial charge is 0.407 e. The quantitative estimate of drug-likeness (QED) is 0.422. The molecule has 0 saturated carbocycles. The van der Waals surface area contributed by atoms with Crippen LogP contribution in [0.3, 0.4) is 0 Å². The van der Waals surface area contributed by atoms with Crippen LogP contribution in [-0.4, -0.2) is 57.9 Å². The van der Waals surface area contributed by atoms with Crippen molar-refractivity contribution < 1.29 is 18.7 Å². The molecule has 4 rings (SSSR count). The van der Waals surface area contributed by atoms with Gasteiger partial charge < -0.3 is 25.1 Å². The predicted molar refractivity (Wildman–Crippen MR) is 123 cm³/mol. The molecule has 1 aliphatic rings. The normalized spacial score (nSPS) is 16.6. The number of nitrogens with zero attached hydrogens (tertiary/aromatic N) is 3. The van der Waals surface area contributed by atoms with Crippen LogP contribution in [0.2, 0.25) is 5.02 Å². The lowest BCUT2D eigenvalue weighted by Gasteiger charge is -2.20. The van der Waals surface area contributed by atoms with E-state index in [1.807, 2.05) is 6.92 Å². The zero-order valence-electron chi connectivity index (χ0n) is 18.2. The molecule has 0 bridgehead atoms. The van der Waals surface area contributed by atoms with E-state index in [0.717, 1.165) is 24.4 Å². The second-order valence-electron chi connectivity index (χ2n) is 7.88. The maximum Gasteiger partial charge on any atom is 0.407 e. The van der Waals surface area contributed by atoms with Gasteiger partial charge >= 0.3 is 6.09 Å². The molecule has 0 radical (unpaired) electrons. The van der Waals surface area contributed by atoms with Crippen LogP contribution in [0, 0.1) is 5.82 Å². The third-order valence-corrected chi connectivity index (χ3v) is 5.59. The summed E-state index contributed by atoms with van der Waals surface area (Å²) in [5.41, 5.74) is 1.32. The molecule has 2 atom stereocenters. The van der Waals surface area contributed by atoms with Crippen LogP contribution in [0.5, 0.6) is 0 Å². The van der Waals surface area contributed by atoms with Gasteiger partial charge in [0.15, 0.2) is 17.5 Å². The zero-order chi connectivity index (χ0) is 23.2. The van der Waals surface area contributed by atoms with Crippen LogP contribution < -0.4 is 10.6 Å². The predicted octanol–water partition coefficient (Wildman–Crippen LogP) is 4.30. The topological polar surface area (TPSA) is 114 Å². The van der Waals surface area contributed by atoms with Crippen molar-refractivity contribution in [3.8, 4) is 11.4 Å². The molecule has 33 heavy (non-hydrogen) atoms. The Balaban J connectivity index is 1.42. The van der Waals surface area contributed by atoms with E-state index in [4.69, 9.17) is 21.1 Å². The molecule has 3 aromatic rings. The van der Waals surface area contributed by atoms with Crippen molar-refractivity contribution in [3.63, 3.8) is 0 Å². The lowest BCUT2D eigenvalue weighted by atomic mass is 10.1. The van der Waals surface area contributed by atoms with Gasteiger partial charge in [-0.25, -0.2) is 24.1 Å². The van der Waals surface area contributed by atoms with Crippen molar-refractivity contribution in [1.82, 2.24) is 25.3 Å². The summed E-state index contributed by atoms with van der Waals surface area (Å²) < 4.78 is 25.0. The fourth-order valence-electron chi connectivity index (χ4n) is 3.74. The van der Waals surface area contributed by atoms with Gasteiger partial charge in [-0.1, -0.05) is 24.9 Å². The number of nitrogens with one attached hydrogen (secondary N) is 3. The Morgan fingerprint density at radius 1 is 1.39 bits per heavy atom. The van der Waals surface area contributed by atoms with Gasteiger partial charge in [-0.15, -0.1) is 0 Å². The van der Waals surface area contributed by atoms with Gasteiger partial charge in [-0.2, -0.15) is 0 Å². The number of H-pyrrole nitrogens is 1. The molecular formula is C22H26ClFN6O3. The first-order valence-electron chi connectivity index (χ1n) is 11.0. The second kappa shape index (κ2) is 10.8. The Bertz CT molecular complexity index is 1100. The number of aromatic nitrogens is 4. The van der Waals surface area contributed by atoms with Gasteiger partial charge in [0.1, 0.15) is 11.8 Å². The molecule has 4 heterocycles. The number of halogens is 2. The number of carbonyl (C=O) groups is 1. The third kappa shape index (κ3) is 5.88. The molecule has 1 fully saturated rings. The molecule has 0 spiro atoms. The number of carbonyl (C=O) groups excluding carboxylic acids is 1. The largest absolute Gasteiger partial charge is 0.444 e. The summed E-state index contributed by atoms with van der Waals surface area (Å²) in [5.74, 6) is -0.0946. The number of hydrogen-bond donors (Lipinski definition) is 3. The first-order chi connectivity index (χ1) is 16.0. The molecule has 11 heteroatoms. The number of hydrogen-bond acceptors (Lipinski definition) is 7. The minimum atomic E-state index is -0.551. The molecule has 176 valence electrons. The van der Waals surface area contributed by atoms with E-state index in [9.17, 15) is 9.18 Å². The van der Waals surface area contributed by atoms with E-state index in [2.05, 4.69) is 30.6 Å². The summed E-state index contributed by atoms with van der Waals surface area (Å²) >= 11 is 6.08. The fraction of sp³-hybridized carbons (Fsp3) is 0.455. The molecule has 3 N–H and O–H groups in total. The molecule has 0 aromatic carbocycles. The van der Waals surface area contributed by atoms with Gasteiger partial charge in [0.2, 0.25) is 0 Å². The van der Waals surface area contributed by atoms with Crippen molar-refractivity contribution in [2.45, 2.75) is 44.8 Å². The van der Waals surface area contributed by atoms with Gasteiger partial charge in [-0.05, 0) is 18.9 Å². The summed E-state index contributed by atoms with van der Waals surface area (Å²) in [6, 6.07) is 1.67. The monoisotopic (exact) mass is 476 g/mol. The van der Waals surface area contributed by atoms with E-state index in [1.54, 1.807) is 18.5 Å². The lowest BCUT2D eigenvalue weighted by Crippen LogP contribution is -2.33. The maximum absolute atomic E-state index is 14.5. The number of pyridine rings is 1. The van der Waals surface area contributed by atoms with Gasteiger partial charge in [0.25, 0.3) is 0 Å². The molecule has 0 aliphatic carbocycles. The fourth-order valence-corrected chi connectivity index (χ4v) is 3.90. The van der Waals surface area contributed by atoms with Gasteiger partial charge in [-0.3, -0.25) is 0 Å². The minimum absolute atomic E-state index is 0.0959. The van der Waals surface area contributed by atoms with Gasteiger partial charge in [0.05, 0.1) is 24.4 Å². The third-order valence-electron chi connectivity index (χ3n) is 5.38.